The van der Waals surface area contributed by atoms with Crippen molar-refractivity contribution in [2.75, 3.05) is 18.0 Å². The van der Waals surface area contributed by atoms with Gasteiger partial charge in [-0.2, -0.15) is 0 Å². The third-order valence-electron chi connectivity index (χ3n) is 5.60. The number of carbonyl (C=O) groups excluding carboxylic acids is 1. The number of benzene rings is 3. The maximum atomic E-state index is 13.5. The molecule has 1 amide bonds. The van der Waals surface area contributed by atoms with E-state index in [0.29, 0.717) is 17.2 Å². The molecule has 3 aromatic rings. The van der Waals surface area contributed by atoms with Crippen molar-refractivity contribution < 1.29 is 22.7 Å². The molecule has 0 unspecified atom stereocenters. The number of fused-ring (bicyclic) bond motifs is 1. The summed E-state index contributed by atoms with van der Waals surface area (Å²) >= 11 is 0. The highest BCUT2D eigenvalue weighted by Crippen LogP contribution is 2.37. The van der Waals surface area contributed by atoms with Crippen molar-refractivity contribution in [3.63, 3.8) is 0 Å². The molecular weight excluding hydrogens is 440 g/mol. The molecule has 0 aromatic heterocycles. The van der Waals surface area contributed by atoms with E-state index in [0.717, 1.165) is 11.1 Å². The third-order valence-corrected chi connectivity index (χ3v) is 7.39. The number of sulfonamides is 1. The summed E-state index contributed by atoms with van der Waals surface area (Å²) in [4.78, 5) is 13.3. The van der Waals surface area contributed by atoms with E-state index in [4.69, 9.17) is 9.47 Å². The maximum absolute atomic E-state index is 13.5. The predicted molar refractivity (Wildman–Crippen MR) is 126 cm³/mol. The summed E-state index contributed by atoms with van der Waals surface area (Å²) in [5.41, 5.74) is 2.17. The first-order valence-electron chi connectivity index (χ1n) is 10.6. The van der Waals surface area contributed by atoms with Crippen LogP contribution in [0, 0.1) is 6.92 Å². The number of anilines is 1. The van der Waals surface area contributed by atoms with E-state index in [-0.39, 0.29) is 17.5 Å². The second-order valence-corrected chi connectivity index (χ2v) is 9.76. The lowest BCUT2D eigenvalue weighted by atomic mass is 10.1. The van der Waals surface area contributed by atoms with E-state index < -0.39 is 22.0 Å². The van der Waals surface area contributed by atoms with Gasteiger partial charge in [-0.3, -0.25) is 9.10 Å². The highest BCUT2D eigenvalue weighted by atomic mass is 32.2. The summed E-state index contributed by atoms with van der Waals surface area (Å²) in [7, 11) is -2.32. The molecule has 7 nitrogen and oxygen atoms in total. The number of aryl methyl sites for hydroxylation is 1. The number of methoxy groups -OCH3 is 1. The third kappa shape index (κ3) is 4.52. The molecule has 0 bridgehead atoms. The lowest BCUT2D eigenvalue weighted by Crippen LogP contribution is -2.51. The molecule has 8 heteroatoms. The number of hydrogen-bond acceptors (Lipinski definition) is 5. The second kappa shape index (κ2) is 9.15. The first kappa shape index (κ1) is 22.7. The molecule has 0 saturated heterocycles. The van der Waals surface area contributed by atoms with Gasteiger partial charge in [-0.15, -0.1) is 0 Å². The Morgan fingerprint density at radius 1 is 1.06 bits per heavy atom. The highest BCUT2D eigenvalue weighted by Gasteiger charge is 2.37. The van der Waals surface area contributed by atoms with Crippen LogP contribution in [0.5, 0.6) is 11.5 Å². The molecule has 1 aliphatic rings. The highest BCUT2D eigenvalue weighted by molar-refractivity contribution is 7.92. The Labute approximate surface area is 194 Å². The van der Waals surface area contributed by atoms with Gasteiger partial charge in [0, 0.05) is 5.56 Å². The largest absolute Gasteiger partial charge is 0.496 e. The fourth-order valence-electron chi connectivity index (χ4n) is 3.81. The molecule has 2 atom stereocenters. The molecular formula is C25H26N2O5S. The van der Waals surface area contributed by atoms with Crippen molar-refractivity contribution in [2.24, 2.45) is 0 Å². The number of nitrogens with one attached hydrogen (secondary N) is 1. The van der Waals surface area contributed by atoms with Crippen LogP contribution in [-0.2, 0) is 14.8 Å². The molecule has 0 spiro atoms. The summed E-state index contributed by atoms with van der Waals surface area (Å²) < 4.78 is 39.5. The zero-order valence-corrected chi connectivity index (χ0v) is 19.5. The van der Waals surface area contributed by atoms with E-state index in [1.54, 1.807) is 55.6 Å². The Morgan fingerprint density at radius 3 is 2.45 bits per heavy atom. The van der Waals surface area contributed by atoms with Crippen molar-refractivity contribution in [1.29, 1.82) is 0 Å². The van der Waals surface area contributed by atoms with Crippen LogP contribution in [0.4, 0.5) is 5.69 Å². The molecule has 172 valence electrons. The van der Waals surface area contributed by atoms with Gasteiger partial charge >= 0.3 is 0 Å². The number of ether oxygens (including phenoxy) is 2. The van der Waals surface area contributed by atoms with Gasteiger partial charge in [0.2, 0.25) is 0 Å². The van der Waals surface area contributed by atoms with E-state index in [1.165, 1.54) is 4.31 Å². The number of rotatable bonds is 6. The molecule has 1 heterocycles. The number of carbonyl (C=O) groups is 1. The topological polar surface area (TPSA) is 84.9 Å². The zero-order valence-electron chi connectivity index (χ0n) is 18.7. The lowest BCUT2D eigenvalue weighted by molar-refractivity contribution is -0.128. The van der Waals surface area contributed by atoms with Gasteiger partial charge < -0.3 is 14.8 Å². The van der Waals surface area contributed by atoms with Gasteiger partial charge in [-0.1, -0.05) is 48.0 Å². The van der Waals surface area contributed by atoms with E-state index >= 15 is 0 Å². The number of para-hydroxylation sites is 3. The fourth-order valence-corrected chi connectivity index (χ4v) is 5.29. The summed E-state index contributed by atoms with van der Waals surface area (Å²) in [6, 6.07) is 20.5. The van der Waals surface area contributed by atoms with Crippen LogP contribution in [0.25, 0.3) is 0 Å². The van der Waals surface area contributed by atoms with Crippen LogP contribution in [0.15, 0.2) is 77.7 Å². The minimum Gasteiger partial charge on any atom is -0.496 e. The Morgan fingerprint density at radius 2 is 1.73 bits per heavy atom. The summed E-state index contributed by atoms with van der Waals surface area (Å²) in [5.74, 6) is 0.584. The first-order chi connectivity index (χ1) is 15.8. The van der Waals surface area contributed by atoms with Crippen molar-refractivity contribution in [3.05, 3.63) is 83.9 Å². The monoisotopic (exact) mass is 466 g/mol. The number of amides is 1. The van der Waals surface area contributed by atoms with E-state index in [2.05, 4.69) is 5.32 Å². The van der Waals surface area contributed by atoms with Gasteiger partial charge in [0.25, 0.3) is 15.9 Å². The van der Waals surface area contributed by atoms with Crippen molar-refractivity contribution in [2.45, 2.75) is 30.9 Å². The maximum Gasteiger partial charge on any atom is 0.264 e. The number of nitrogens with zero attached hydrogens (tertiary/aromatic N) is 1. The molecule has 0 saturated carbocycles. The Bertz CT molecular complexity index is 1260. The SMILES string of the molecule is COc1ccccc1[C@H](C)NC(=O)[C@H]1CN(S(=O)(=O)c2ccc(C)cc2)c2ccccc2O1. The van der Waals surface area contributed by atoms with Crippen LogP contribution >= 0.6 is 0 Å². The average Bonchev–Trinajstić information content (AvgIpc) is 2.83. The molecule has 0 fully saturated rings. The molecule has 3 aromatic carbocycles. The average molecular weight is 467 g/mol. The molecule has 0 radical (unpaired) electrons. The van der Waals surface area contributed by atoms with Gasteiger partial charge in [0.05, 0.1) is 30.3 Å². The molecule has 4 rings (SSSR count). The Kier molecular flexibility index (Phi) is 6.29. The zero-order chi connectivity index (χ0) is 23.6. The fraction of sp³-hybridized carbons (Fsp3) is 0.240. The van der Waals surface area contributed by atoms with Crippen LogP contribution in [0.3, 0.4) is 0 Å². The minimum absolute atomic E-state index is 0.141. The smallest absolute Gasteiger partial charge is 0.264 e. The van der Waals surface area contributed by atoms with Crippen molar-refractivity contribution in [1.82, 2.24) is 5.32 Å². The molecule has 1 aliphatic heterocycles. The molecule has 1 N–H and O–H groups in total. The van der Waals surface area contributed by atoms with Crippen LogP contribution in [-0.4, -0.2) is 34.1 Å². The minimum atomic E-state index is -3.90. The lowest BCUT2D eigenvalue weighted by Gasteiger charge is -2.35. The quantitative estimate of drug-likeness (QED) is 0.597. The van der Waals surface area contributed by atoms with Crippen molar-refractivity contribution in [3.8, 4) is 11.5 Å². The van der Waals surface area contributed by atoms with Crippen LogP contribution in [0.1, 0.15) is 24.1 Å². The van der Waals surface area contributed by atoms with Crippen LogP contribution in [0.2, 0.25) is 0 Å². The molecule has 0 aliphatic carbocycles. The van der Waals surface area contributed by atoms with Gasteiger partial charge in [0.1, 0.15) is 11.5 Å². The standard InChI is InChI=1S/C25H26N2O5S/c1-17-12-14-19(15-13-17)33(29,30)27-16-24(32-23-11-7-5-9-21(23)27)25(28)26-18(2)20-8-4-6-10-22(20)31-3/h4-15,18,24H,16H2,1-3H3,(H,26,28)/t18-,24+/m0/s1. The van der Waals surface area contributed by atoms with Gasteiger partial charge in [-0.05, 0) is 44.2 Å². The molecule has 33 heavy (non-hydrogen) atoms. The van der Waals surface area contributed by atoms with E-state index in [9.17, 15) is 13.2 Å². The summed E-state index contributed by atoms with van der Waals surface area (Å²) in [6.07, 6.45) is -1.02. The van der Waals surface area contributed by atoms with Gasteiger partial charge in [-0.25, -0.2) is 8.42 Å². The van der Waals surface area contributed by atoms with Gasteiger partial charge in [0.15, 0.2) is 6.10 Å². The summed E-state index contributed by atoms with van der Waals surface area (Å²) in [6.45, 7) is 3.59. The first-order valence-corrected chi connectivity index (χ1v) is 12.0. The van der Waals surface area contributed by atoms with Crippen LogP contribution < -0.4 is 19.1 Å². The Hall–Kier alpha value is -3.52. The summed E-state index contributed by atoms with van der Waals surface area (Å²) in [5, 5.41) is 2.93. The normalized spacial score (nSPS) is 16.3. The van der Waals surface area contributed by atoms with Crippen molar-refractivity contribution >= 4 is 21.6 Å². The predicted octanol–water partition coefficient (Wildman–Crippen LogP) is 3.84. The Balaban J connectivity index is 1.62. The number of hydrogen-bond donors (Lipinski definition) is 1. The van der Waals surface area contributed by atoms with E-state index in [1.807, 2.05) is 38.1 Å². The second-order valence-electron chi connectivity index (χ2n) is 7.90.